The van der Waals surface area contributed by atoms with Crippen molar-refractivity contribution >= 4 is 56.6 Å². The van der Waals surface area contributed by atoms with Crippen LogP contribution in [0.25, 0.3) is 22.1 Å². The van der Waals surface area contributed by atoms with Crippen molar-refractivity contribution in [1.82, 2.24) is 9.38 Å². The van der Waals surface area contributed by atoms with E-state index in [1.165, 1.54) is 11.3 Å². The number of aromatic nitrogens is 2. The van der Waals surface area contributed by atoms with Crippen molar-refractivity contribution < 1.29 is 4.74 Å². The first-order valence-corrected chi connectivity index (χ1v) is 9.19. The summed E-state index contributed by atoms with van der Waals surface area (Å²) in [5, 5.41) is 0.833. The summed E-state index contributed by atoms with van der Waals surface area (Å²) < 4.78 is 7.63. The molecule has 0 spiro atoms. The molecule has 0 amide bonds. The number of fused-ring (bicyclic) bond motifs is 3. The van der Waals surface area contributed by atoms with Crippen LogP contribution >= 0.6 is 34.5 Å². The van der Waals surface area contributed by atoms with Gasteiger partial charge in [0.15, 0.2) is 10.7 Å². The van der Waals surface area contributed by atoms with Gasteiger partial charge in [-0.05, 0) is 42.8 Å². The number of imidazole rings is 1. The lowest BCUT2D eigenvalue weighted by atomic mass is 10.2. The average molecular weight is 391 g/mol. The van der Waals surface area contributed by atoms with Crippen molar-refractivity contribution in [3.05, 3.63) is 66.9 Å². The Morgan fingerprint density at radius 3 is 2.68 bits per heavy atom. The van der Waals surface area contributed by atoms with Crippen LogP contribution in [-0.4, -0.2) is 16.0 Å². The Kier molecular flexibility index (Phi) is 4.15. The largest absolute Gasteiger partial charge is 0.491 e. The maximum atomic E-state index is 12.8. The van der Waals surface area contributed by atoms with Gasteiger partial charge in [0.05, 0.1) is 32.2 Å². The fourth-order valence-corrected chi connectivity index (χ4v) is 4.31. The van der Waals surface area contributed by atoms with Gasteiger partial charge in [-0.1, -0.05) is 46.7 Å². The molecule has 0 aliphatic heterocycles. The van der Waals surface area contributed by atoms with Crippen molar-refractivity contribution in [2.24, 2.45) is 0 Å². The zero-order valence-electron chi connectivity index (χ0n) is 13.1. The van der Waals surface area contributed by atoms with Gasteiger partial charge in [-0.15, -0.1) is 0 Å². The molecule has 4 aromatic rings. The molecule has 0 N–H and O–H groups in total. The van der Waals surface area contributed by atoms with Gasteiger partial charge < -0.3 is 4.74 Å². The van der Waals surface area contributed by atoms with E-state index >= 15 is 0 Å². The number of nitrogens with zero attached hydrogens (tertiary/aromatic N) is 2. The van der Waals surface area contributed by atoms with Gasteiger partial charge >= 0.3 is 0 Å². The molecule has 0 bridgehead atoms. The molecule has 0 atom stereocenters. The zero-order chi connectivity index (χ0) is 17.6. The number of thiazole rings is 1. The summed E-state index contributed by atoms with van der Waals surface area (Å²) in [5.74, 6) is 0.456. The van der Waals surface area contributed by atoms with Gasteiger partial charge in [0.2, 0.25) is 0 Å². The molecule has 0 aliphatic carbocycles. The molecule has 0 radical (unpaired) electrons. The van der Waals surface area contributed by atoms with Crippen LogP contribution in [0.15, 0.2) is 41.2 Å². The van der Waals surface area contributed by atoms with Gasteiger partial charge in [0, 0.05) is 0 Å². The van der Waals surface area contributed by atoms with E-state index in [0.717, 1.165) is 16.6 Å². The van der Waals surface area contributed by atoms with Crippen LogP contribution in [0.3, 0.4) is 0 Å². The van der Waals surface area contributed by atoms with E-state index in [2.05, 4.69) is 4.98 Å². The highest BCUT2D eigenvalue weighted by Gasteiger charge is 2.12. The lowest BCUT2D eigenvalue weighted by Crippen LogP contribution is -2.22. The van der Waals surface area contributed by atoms with Crippen molar-refractivity contribution in [2.45, 2.75) is 6.92 Å². The van der Waals surface area contributed by atoms with E-state index in [1.54, 1.807) is 22.6 Å². The molecular weight excluding hydrogens is 379 g/mol. The first-order chi connectivity index (χ1) is 12.1. The molecule has 2 aromatic carbocycles. The second-order valence-corrected chi connectivity index (χ2v) is 7.20. The van der Waals surface area contributed by atoms with Crippen molar-refractivity contribution in [3.63, 3.8) is 0 Å². The predicted octanol–water partition coefficient (Wildman–Crippen LogP) is 4.16. The summed E-state index contributed by atoms with van der Waals surface area (Å²) in [5.41, 5.74) is 2.25. The molecule has 7 heteroatoms. The van der Waals surface area contributed by atoms with E-state index < -0.39 is 0 Å². The van der Waals surface area contributed by atoms with Crippen LogP contribution in [0.4, 0.5) is 0 Å². The molecule has 4 nitrogen and oxygen atoms in total. The molecule has 0 saturated carbocycles. The highest BCUT2D eigenvalue weighted by molar-refractivity contribution is 7.15. The Morgan fingerprint density at radius 2 is 1.96 bits per heavy atom. The Balaban J connectivity index is 1.90. The van der Waals surface area contributed by atoms with Gasteiger partial charge in [0.25, 0.3) is 5.56 Å². The van der Waals surface area contributed by atoms with Gasteiger partial charge in [-0.25, -0.2) is 9.38 Å². The third kappa shape index (κ3) is 2.78. The Bertz CT molecular complexity index is 1190. The third-order valence-corrected chi connectivity index (χ3v) is 5.28. The van der Waals surface area contributed by atoms with E-state index in [0.29, 0.717) is 31.9 Å². The number of ether oxygens (including phenoxy) is 1. The molecule has 0 saturated heterocycles. The summed E-state index contributed by atoms with van der Waals surface area (Å²) in [6.07, 6.45) is 1.77. The minimum absolute atomic E-state index is 0.102. The summed E-state index contributed by atoms with van der Waals surface area (Å²) in [6, 6.07) is 11.0. The number of para-hydroxylation sites is 2. The topological polar surface area (TPSA) is 43.6 Å². The minimum Gasteiger partial charge on any atom is -0.491 e. The van der Waals surface area contributed by atoms with E-state index in [9.17, 15) is 4.79 Å². The van der Waals surface area contributed by atoms with Crippen LogP contribution in [0, 0.1) is 0 Å². The number of hydrogen-bond donors (Lipinski definition) is 0. The lowest BCUT2D eigenvalue weighted by Gasteiger charge is -2.08. The van der Waals surface area contributed by atoms with E-state index in [4.69, 9.17) is 27.9 Å². The Morgan fingerprint density at radius 1 is 1.24 bits per heavy atom. The SMILES string of the molecule is CCOc1c(Cl)cc(/C=c2\sc3nc4ccccc4n3c2=O)cc1Cl. The van der Waals surface area contributed by atoms with Crippen LogP contribution in [-0.2, 0) is 0 Å². The highest BCUT2D eigenvalue weighted by Crippen LogP contribution is 2.34. The molecule has 0 aliphatic rings. The van der Waals surface area contributed by atoms with Crippen LogP contribution in [0.1, 0.15) is 12.5 Å². The van der Waals surface area contributed by atoms with Crippen molar-refractivity contribution in [2.75, 3.05) is 6.61 Å². The van der Waals surface area contributed by atoms with Crippen molar-refractivity contribution in [3.8, 4) is 5.75 Å². The molecular formula is C18H12Cl2N2O2S. The number of benzene rings is 2. The first kappa shape index (κ1) is 16.4. The third-order valence-electron chi connectivity index (χ3n) is 3.75. The van der Waals surface area contributed by atoms with Crippen LogP contribution in [0.2, 0.25) is 10.0 Å². The fourth-order valence-electron chi connectivity index (χ4n) is 2.71. The fraction of sp³-hybridized carbons (Fsp3) is 0.111. The normalized spacial score (nSPS) is 12.4. The molecule has 2 aromatic heterocycles. The van der Waals surface area contributed by atoms with Crippen LogP contribution < -0.4 is 14.8 Å². The Labute approximate surface area is 156 Å². The van der Waals surface area contributed by atoms with E-state index in [1.807, 2.05) is 31.2 Å². The lowest BCUT2D eigenvalue weighted by molar-refractivity contribution is 0.340. The molecule has 2 heterocycles. The highest BCUT2D eigenvalue weighted by atomic mass is 35.5. The van der Waals surface area contributed by atoms with Gasteiger partial charge in [0.1, 0.15) is 0 Å². The zero-order valence-corrected chi connectivity index (χ0v) is 15.5. The standard InChI is InChI=1S/C18H12Cl2N2O2S/c1-2-24-16-11(19)7-10(8-12(16)20)9-15-17(23)22-14-6-4-3-5-13(14)21-18(22)25-15/h3-9H,2H2,1H3/b15-9-. The molecule has 4 rings (SSSR count). The Hall–Kier alpha value is -2.08. The van der Waals surface area contributed by atoms with Crippen molar-refractivity contribution in [1.29, 1.82) is 0 Å². The molecule has 25 heavy (non-hydrogen) atoms. The van der Waals surface area contributed by atoms with Gasteiger partial charge in [-0.3, -0.25) is 4.79 Å². The monoisotopic (exact) mass is 390 g/mol. The smallest absolute Gasteiger partial charge is 0.274 e. The number of hydrogen-bond acceptors (Lipinski definition) is 4. The summed E-state index contributed by atoms with van der Waals surface area (Å²) >= 11 is 13.8. The molecule has 0 fully saturated rings. The predicted molar refractivity (Wildman–Crippen MR) is 103 cm³/mol. The maximum Gasteiger partial charge on any atom is 0.274 e. The summed E-state index contributed by atoms with van der Waals surface area (Å²) in [6.45, 7) is 2.34. The van der Waals surface area contributed by atoms with Gasteiger partial charge in [-0.2, -0.15) is 0 Å². The second-order valence-electron chi connectivity index (χ2n) is 5.38. The summed E-state index contributed by atoms with van der Waals surface area (Å²) in [4.78, 5) is 17.9. The van der Waals surface area contributed by atoms with Crippen LogP contribution in [0.5, 0.6) is 5.75 Å². The second kappa shape index (κ2) is 6.33. The first-order valence-electron chi connectivity index (χ1n) is 7.62. The number of rotatable bonds is 3. The maximum absolute atomic E-state index is 12.8. The molecule has 0 unspecified atom stereocenters. The minimum atomic E-state index is -0.102. The number of halogens is 2. The average Bonchev–Trinajstić information content (AvgIpc) is 3.08. The molecule has 126 valence electrons. The summed E-state index contributed by atoms with van der Waals surface area (Å²) in [7, 11) is 0. The quantitative estimate of drug-likeness (QED) is 0.527. The van der Waals surface area contributed by atoms with E-state index in [-0.39, 0.29) is 5.56 Å².